The van der Waals surface area contributed by atoms with Gasteiger partial charge in [-0.1, -0.05) is 0 Å². The highest BCUT2D eigenvalue weighted by molar-refractivity contribution is 5.92. The fourth-order valence-electron chi connectivity index (χ4n) is 3.38. The van der Waals surface area contributed by atoms with Crippen LogP contribution in [0.1, 0.15) is 39.5 Å². The molecule has 0 radical (unpaired) electrons. The summed E-state index contributed by atoms with van der Waals surface area (Å²) in [6, 6.07) is 0.301. The van der Waals surface area contributed by atoms with Crippen molar-refractivity contribution in [3.05, 3.63) is 35.1 Å². The van der Waals surface area contributed by atoms with Crippen molar-refractivity contribution in [2.45, 2.75) is 51.7 Å². The molecule has 0 unspecified atom stereocenters. The molecule has 0 aromatic heterocycles. The number of esters is 2. The minimum absolute atomic E-state index is 0.0928. The maximum Gasteiger partial charge on any atom is 0.339 e. The van der Waals surface area contributed by atoms with E-state index in [9.17, 15) is 9.59 Å². The van der Waals surface area contributed by atoms with Crippen molar-refractivity contribution < 1.29 is 19.1 Å². The first-order valence-corrected chi connectivity index (χ1v) is 8.28. The van der Waals surface area contributed by atoms with Crippen LogP contribution in [0.3, 0.4) is 0 Å². The van der Waals surface area contributed by atoms with Gasteiger partial charge in [0, 0.05) is 11.1 Å². The van der Waals surface area contributed by atoms with Crippen molar-refractivity contribution >= 4 is 11.9 Å². The summed E-state index contributed by atoms with van der Waals surface area (Å²) in [5.41, 5.74) is 1.37. The second-order valence-electron chi connectivity index (χ2n) is 6.43. The predicted molar refractivity (Wildman–Crippen MR) is 85.4 cm³/mol. The smallest absolute Gasteiger partial charge is 0.339 e. The van der Waals surface area contributed by atoms with Gasteiger partial charge in [0.2, 0.25) is 0 Å². The van der Waals surface area contributed by atoms with Crippen molar-refractivity contribution in [2.75, 3.05) is 13.1 Å². The normalized spacial score (nSPS) is 29.7. The minimum atomic E-state index is -0.249. The fourth-order valence-corrected chi connectivity index (χ4v) is 3.38. The highest BCUT2D eigenvalue weighted by Crippen LogP contribution is 2.27. The molecule has 0 aliphatic carbocycles. The van der Waals surface area contributed by atoms with Crippen LogP contribution in [0.25, 0.3) is 0 Å². The summed E-state index contributed by atoms with van der Waals surface area (Å²) in [5.74, 6) is 0.228. The third-order valence-electron chi connectivity index (χ3n) is 4.66. The minimum Gasteiger partial charge on any atom is -0.453 e. The Kier molecular flexibility index (Phi) is 4.66. The number of likely N-dealkylation sites (tertiary alicyclic amines) is 1. The van der Waals surface area contributed by atoms with Crippen molar-refractivity contribution in [2.24, 2.45) is 0 Å². The van der Waals surface area contributed by atoms with E-state index < -0.39 is 0 Å². The van der Waals surface area contributed by atoms with Gasteiger partial charge >= 0.3 is 11.9 Å². The van der Waals surface area contributed by atoms with Crippen molar-refractivity contribution in [3.8, 4) is 0 Å². The molecule has 0 amide bonds. The Bertz CT molecular complexity index is 602. The number of unbranched alkanes of at least 4 members (excludes halogenated alkanes) is 1. The van der Waals surface area contributed by atoms with Crippen LogP contribution in [0, 0.1) is 0 Å². The summed E-state index contributed by atoms with van der Waals surface area (Å²) in [6.07, 6.45) is 9.70. The molecule has 2 atom stereocenters. The zero-order valence-electron chi connectivity index (χ0n) is 13.7. The molecule has 0 aromatic carbocycles. The van der Waals surface area contributed by atoms with Gasteiger partial charge in [0.15, 0.2) is 0 Å². The van der Waals surface area contributed by atoms with Crippen LogP contribution in [0.4, 0.5) is 0 Å². The Hall–Kier alpha value is -1.88. The van der Waals surface area contributed by atoms with Crippen LogP contribution >= 0.6 is 0 Å². The molecular formula is C18H23NO4. The number of cyclic esters (lactones) is 2. The number of rotatable bonds is 5. The van der Waals surface area contributed by atoms with Gasteiger partial charge in [0.05, 0.1) is 6.04 Å². The zero-order chi connectivity index (χ0) is 16.4. The number of nitrogens with zero attached hydrogens (tertiary/aromatic N) is 1. The van der Waals surface area contributed by atoms with Crippen molar-refractivity contribution in [1.29, 1.82) is 0 Å². The number of carbonyl (C=O) groups is 2. The van der Waals surface area contributed by atoms with E-state index in [0.29, 0.717) is 17.4 Å². The summed E-state index contributed by atoms with van der Waals surface area (Å²) in [5, 5.41) is 0. The van der Waals surface area contributed by atoms with Gasteiger partial charge < -0.3 is 9.47 Å². The Balaban J connectivity index is 1.48. The summed E-state index contributed by atoms with van der Waals surface area (Å²) in [6.45, 7) is 5.59. The molecule has 0 bridgehead atoms. The third-order valence-corrected chi connectivity index (χ3v) is 4.66. The molecule has 124 valence electrons. The fraction of sp³-hybridized carbons (Fsp3) is 0.556. The Morgan fingerprint density at radius 3 is 2.74 bits per heavy atom. The van der Waals surface area contributed by atoms with E-state index >= 15 is 0 Å². The van der Waals surface area contributed by atoms with Crippen molar-refractivity contribution in [3.63, 3.8) is 0 Å². The second kappa shape index (κ2) is 6.71. The number of allylic oxidation sites excluding steroid dienone is 2. The molecule has 23 heavy (non-hydrogen) atoms. The predicted octanol–water partition coefficient (Wildman–Crippen LogP) is 2.49. The van der Waals surface area contributed by atoms with Crippen LogP contribution in [0.15, 0.2) is 35.1 Å². The number of ether oxygens (including phenoxy) is 2. The average Bonchev–Trinajstić information content (AvgIpc) is 3.18. The molecular weight excluding hydrogens is 294 g/mol. The second-order valence-corrected chi connectivity index (χ2v) is 6.43. The monoisotopic (exact) mass is 317 g/mol. The van der Waals surface area contributed by atoms with Gasteiger partial charge in [-0.3, -0.25) is 4.90 Å². The van der Waals surface area contributed by atoms with Crippen LogP contribution in [-0.4, -0.2) is 42.1 Å². The Morgan fingerprint density at radius 1 is 1.26 bits per heavy atom. The highest BCUT2D eigenvalue weighted by Gasteiger charge is 2.36. The molecule has 5 heteroatoms. The van der Waals surface area contributed by atoms with Gasteiger partial charge in [-0.25, -0.2) is 9.59 Å². The standard InChI is InChI=1S/C18H23NO4/c1-12-10-14(22-17(12)20)6-3-4-8-19-9-5-7-15(19)16-11-13(2)18(21)23-16/h6,10-11,15-16H,3-5,7-9H2,1-2H3/b14-6+/t15-,16+/m1/s1. The molecule has 0 saturated carbocycles. The lowest BCUT2D eigenvalue weighted by Gasteiger charge is -2.27. The van der Waals surface area contributed by atoms with Gasteiger partial charge in [-0.05, 0) is 70.8 Å². The molecule has 3 aliphatic rings. The molecule has 3 rings (SSSR count). The largest absolute Gasteiger partial charge is 0.453 e. The van der Waals surface area contributed by atoms with Gasteiger partial charge in [-0.2, -0.15) is 0 Å². The zero-order valence-corrected chi connectivity index (χ0v) is 13.7. The number of hydrogen-bond acceptors (Lipinski definition) is 5. The van der Waals surface area contributed by atoms with E-state index in [1.807, 2.05) is 19.1 Å². The third kappa shape index (κ3) is 3.55. The maximum absolute atomic E-state index is 11.5. The van der Waals surface area contributed by atoms with Crippen LogP contribution in [0.2, 0.25) is 0 Å². The highest BCUT2D eigenvalue weighted by atomic mass is 16.6. The first-order valence-electron chi connectivity index (χ1n) is 8.28. The lowest BCUT2D eigenvalue weighted by Crippen LogP contribution is -2.39. The molecule has 0 N–H and O–H groups in total. The van der Waals surface area contributed by atoms with E-state index in [1.54, 1.807) is 13.0 Å². The molecule has 3 heterocycles. The molecule has 1 fully saturated rings. The summed E-state index contributed by atoms with van der Waals surface area (Å²) >= 11 is 0. The topological polar surface area (TPSA) is 55.8 Å². The van der Waals surface area contributed by atoms with E-state index in [2.05, 4.69) is 4.90 Å². The maximum atomic E-state index is 11.5. The van der Waals surface area contributed by atoms with E-state index in [4.69, 9.17) is 9.47 Å². The van der Waals surface area contributed by atoms with Crippen LogP contribution in [0.5, 0.6) is 0 Å². The summed E-state index contributed by atoms with van der Waals surface area (Å²) < 4.78 is 10.6. The van der Waals surface area contributed by atoms with Crippen LogP contribution < -0.4 is 0 Å². The molecule has 3 aliphatic heterocycles. The molecule has 1 saturated heterocycles. The first kappa shape index (κ1) is 16.0. The Morgan fingerprint density at radius 2 is 2.09 bits per heavy atom. The van der Waals surface area contributed by atoms with Gasteiger partial charge in [0.25, 0.3) is 0 Å². The average molecular weight is 317 g/mol. The molecule has 0 aromatic rings. The molecule has 5 nitrogen and oxygen atoms in total. The number of hydrogen-bond donors (Lipinski definition) is 0. The van der Waals surface area contributed by atoms with Crippen LogP contribution in [-0.2, 0) is 19.1 Å². The van der Waals surface area contributed by atoms with Gasteiger partial charge in [-0.15, -0.1) is 0 Å². The number of carbonyl (C=O) groups excluding carboxylic acids is 2. The summed E-state index contributed by atoms with van der Waals surface area (Å²) in [7, 11) is 0. The van der Waals surface area contributed by atoms with Gasteiger partial charge in [0.1, 0.15) is 11.9 Å². The van der Waals surface area contributed by atoms with E-state index in [1.165, 1.54) is 0 Å². The lowest BCUT2D eigenvalue weighted by atomic mass is 10.1. The van der Waals surface area contributed by atoms with E-state index in [-0.39, 0.29) is 18.0 Å². The van der Waals surface area contributed by atoms with E-state index in [0.717, 1.165) is 44.3 Å². The Labute approximate surface area is 136 Å². The van der Waals surface area contributed by atoms with Crippen molar-refractivity contribution in [1.82, 2.24) is 4.90 Å². The SMILES string of the molecule is CC1=C/C(=C\CCCN2CCC[C@@H]2[C@@H]2C=C(C)C(=O)O2)OC1=O. The quantitative estimate of drug-likeness (QED) is 0.576. The summed E-state index contributed by atoms with van der Waals surface area (Å²) in [4.78, 5) is 25.2. The lowest BCUT2D eigenvalue weighted by molar-refractivity contribution is -0.141. The molecule has 0 spiro atoms. The first-order chi connectivity index (χ1) is 11.0.